The molecule has 0 spiro atoms. The number of hydrogen-bond donors (Lipinski definition) is 1. The average Bonchev–Trinajstić information content (AvgIpc) is 2.42. The summed E-state index contributed by atoms with van der Waals surface area (Å²) in [5, 5.41) is 2.83. The molecule has 0 heterocycles. The SMILES string of the molecule is CCCNC(=O)c1ccc(OCC(C)C)c(OC)c1. The summed E-state index contributed by atoms with van der Waals surface area (Å²) in [5.41, 5.74) is 0.585. The van der Waals surface area contributed by atoms with Crippen LogP contribution in [0.25, 0.3) is 0 Å². The van der Waals surface area contributed by atoms with Gasteiger partial charge in [0.25, 0.3) is 5.91 Å². The van der Waals surface area contributed by atoms with Gasteiger partial charge in [0.15, 0.2) is 11.5 Å². The molecular formula is C15H23NO3. The monoisotopic (exact) mass is 265 g/mol. The predicted octanol–water partition coefficient (Wildman–Crippen LogP) is 2.87. The molecule has 0 bridgehead atoms. The Morgan fingerprint density at radius 2 is 2.05 bits per heavy atom. The smallest absolute Gasteiger partial charge is 0.251 e. The van der Waals surface area contributed by atoms with E-state index in [0.717, 1.165) is 6.42 Å². The molecule has 0 fully saturated rings. The molecule has 0 radical (unpaired) electrons. The number of hydrogen-bond acceptors (Lipinski definition) is 3. The molecule has 1 rings (SSSR count). The highest BCUT2D eigenvalue weighted by molar-refractivity contribution is 5.94. The van der Waals surface area contributed by atoms with Gasteiger partial charge in [-0.3, -0.25) is 4.79 Å². The van der Waals surface area contributed by atoms with Crippen LogP contribution in [0.15, 0.2) is 18.2 Å². The van der Waals surface area contributed by atoms with Gasteiger partial charge in [0, 0.05) is 12.1 Å². The first-order valence-electron chi connectivity index (χ1n) is 6.67. The van der Waals surface area contributed by atoms with Gasteiger partial charge in [-0.2, -0.15) is 0 Å². The molecule has 0 unspecified atom stereocenters. The molecule has 19 heavy (non-hydrogen) atoms. The lowest BCUT2D eigenvalue weighted by Crippen LogP contribution is -2.23. The Morgan fingerprint density at radius 1 is 1.32 bits per heavy atom. The van der Waals surface area contributed by atoms with Crippen molar-refractivity contribution in [1.82, 2.24) is 5.32 Å². The van der Waals surface area contributed by atoms with Gasteiger partial charge in [-0.25, -0.2) is 0 Å². The molecule has 4 heteroatoms. The van der Waals surface area contributed by atoms with Crippen molar-refractivity contribution in [3.63, 3.8) is 0 Å². The van der Waals surface area contributed by atoms with E-state index >= 15 is 0 Å². The van der Waals surface area contributed by atoms with Crippen molar-refractivity contribution in [3.05, 3.63) is 23.8 Å². The van der Waals surface area contributed by atoms with E-state index in [1.807, 2.05) is 6.92 Å². The zero-order valence-electron chi connectivity index (χ0n) is 12.2. The van der Waals surface area contributed by atoms with E-state index < -0.39 is 0 Å². The maximum atomic E-state index is 11.8. The minimum atomic E-state index is -0.0874. The number of carbonyl (C=O) groups is 1. The number of amides is 1. The lowest BCUT2D eigenvalue weighted by atomic mass is 10.2. The Hall–Kier alpha value is -1.71. The third-order valence-electron chi connectivity index (χ3n) is 2.53. The molecule has 4 nitrogen and oxygen atoms in total. The van der Waals surface area contributed by atoms with Crippen LogP contribution in [0.3, 0.4) is 0 Å². The van der Waals surface area contributed by atoms with Crippen LogP contribution in [0.5, 0.6) is 11.5 Å². The average molecular weight is 265 g/mol. The van der Waals surface area contributed by atoms with Gasteiger partial charge in [-0.15, -0.1) is 0 Å². The summed E-state index contributed by atoms with van der Waals surface area (Å²) in [6, 6.07) is 5.24. The number of carbonyl (C=O) groups excluding carboxylic acids is 1. The van der Waals surface area contributed by atoms with Crippen molar-refractivity contribution in [2.24, 2.45) is 5.92 Å². The van der Waals surface area contributed by atoms with Crippen molar-refractivity contribution >= 4 is 5.91 Å². The summed E-state index contributed by atoms with van der Waals surface area (Å²) >= 11 is 0. The Kier molecular flexibility index (Phi) is 6.19. The van der Waals surface area contributed by atoms with Crippen LogP contribution in [-0.4, -0.2) is 26.2 Å². The molecule has 0 aliphatic rings. The quantitative estimate of drug-likeness (QED) is 0.824. The number of rotatable bonds is 7. The topological polar surface area (TPSA) is 47.6 Å². The van der Waals surface area contributed by atoms with E-state index in [4.69, 9.17) is 9.47 Å². The third kappa shape index (κ3) is 4.81. The third-order valence-corrected chi connectivity index (χ3v) is 2.53. The molecule has 1 amide bonds. The summed E-state index contributed by atoms with van der Waals surface area (Å²) in [5.74, 6) is 1.61. The van der Waals surface area contributed by atoms with Gasteiger partial charge in [-0.05, 0) is 30.5 Å². The number of nitrogens with one attached hydrogen (secondary N) is 1. The fourth-order valence-corrected chi connectivity index (χ4v) is 1.53. The van der Waals surface area contributed by atoms with Crippen LogP contribution in [0.2, 0.25) is 0 Å². The summed E-state index contributed by atoms with van der Waals surface area (Å²) in [4.78, 5) is 11.8. The lowest BCUT2D eigenvalue weighted by molar-refractivity contribution is 0.0953. The highest BCUT2D eigenvalue weighted by Crippen LogP contribution is 2.28. The Labute approximate surface area is 115 Å². The molecule has 0 atom stereocenters. The number of methoxy groups -OCH3 is 1. The first-order valence-corrected chi connectivity index (χ1v) is 6.67. The fraction of sp³-hybridized carbons (Fsp3) is 0.533. The summed E-state index contributed by atoms with van der Waals surface area (Å²) < 4.78 is 10.9. The molecule has 0 aliphatic heterocycles. The van der Waals surface area contributed by atoms with Crippen molar-refractivity contribution in [2.45, 2.75) is 27.2 Å². The first-order chi connectivity index (χ1) is 9.08. The van der Waals surface area contributed by atoms with Crippen LogP contribution >= 0.6 is 0 Å². The standard InChI is InChI=1S/C15H23NO3/c1-5-8-16-15(17)12-6-7-13(14(9-12)18-4)19-10-11(2)3/h6-7,9,11H,5,8,10H2,1-4H3,(H,16,17). The minimum absolute atomic E-state index is 0.0874. The fourth-order valence-electron chi connectivity index (χ4n) is 1.53. The van der Waals surface area contributed by atoms with Gasteiger partial charge < -0.3 is 14.8 Å². The van der Waals surface area contributed by atoms with Crippen LogP contribution in [0.4, 0.5) is 0 Å². The van der Waals surface area contributed by atoms with Gasteiger partial charge >= 0.3 is 0 Å². The van der Waals surface area contributed by atoms with Crippen molar-refractivity contribution in [2.75, 3.05) is 20.3 Å². The van der Waals surface area contributed by atoms with Gasteiger partial charge in [-0.1, -0.05) is 20.8 Å². The molecule has 0 saturated heterocycles. The van der Waals surface area contributed by atoms with Crippen LogP contribution < -0.4 is 14.8 Å². The van der Waals surface area contributed by atoms with Crippen LogP contribution in [-0.2, 0) is 0 Å². The molecule has 106 valence electrons. The van der Waals surface area contributed by atoms with Gasteiger partial charge in [0.2, 0.25) is 0 Å². The van der Waals surface area contributed by atoms with Crippen molar-refractivity contribution < 1.29 is 14.3 Å². The van der Waals surface area contributed by atoms with E-state index in [-0.39, 0.29) is 5.91 Å². The Bertz CT molecular complexity index is 416. The second kappa shape index (κ2) is 7.67. The maximum absolute atomic E-state index is 11.8. The largest absolute Gasteiger partial charge is 0.493 e. The van der Waals surface area contributed by atoms with E-state index in [0.29, 0.717) is 36.1 Å². The number of benzene rings is 1. The maximum Gasteiger partial charge on any atom is 0.251 e. The first kappa shape index (κ1) is 15.3. The van der Waals surface area contributed by atoms with Gasteiger partial charge in [0.1, 0.15) is 0 Å². The molecule has 1 aromatic carbocycles. The highest BCUT2D eigenvalue weighted by Gasteiger charge is 2.11. The zero-order valence-corrected chi connectivity index (χ0v) is 12.2. The molecular weight excluding hydrogens is 242 g/mol. The lowest BCUT2D eigenvalue weighted by Gasteiger charge is -2.13. The highest BCUT2D eigenvalue weighted by atomic mass is 16.5. The van der Waals surface area contributed by atoms with E-state index in [9.17, 15) is 4.79 Å². The van der Waals surface area contributed by atoms with Gasteiger partial charge in [0.05, 0.1) is 13.7 Å². The molecule has 1 aromatic rings. The molecule has 0 saturated carbocycles. The summed E-state index contributed by atoms with van der Waals surface area (Å²) in [7, 11) is 1.57. The molecule has 0 aliphatic carbocycles. The van der Waals surface area contributed by atoms with Crippen LogP contribution in [0, 0.1) is 5.92 Å². The van der Waals surface area contributed by atoms with Crippen LogP contribution in [0.1, 0.15) is 37.6 Å². The second-order valence-corrected chi connectivity index (χ2v) is 4.83. The minimum Gasteiger partial charge on any atom is -0.493 e. The summed E-state index contributed by atoms with van der Waals surface area (Å²) in [6.07, 6.45) is 0.915. The molecule has 0 aromatic heterocycles. The predicted molar refractivity (Wildman–Crippen MR) is 76.0 cm³/mol. The zero-order chi connectivity index (χ0) is 14.3. The normalized spacial score (nSPS) is 10.4. The Morgan fingerprint density at radius 3 is 2.63 bits per heavy atom. The number of ether oxygens (including phenoxy) is 2. The second-order valence-electron chi connectivity index (χ2n) is 4.83. The van der Waals surface area contributed by atoms with E-state index in [1.165, 1.54) is 0 Å². The van der Waals surface area contributed by atoms with E-state index in [2.05, 4.69) is 19.2 Å². The van der Waals surface area contributed by atoms with E-state index in [1.54, 1.807) is 25.3 Å². The summed E-state index contributed by atoms with van der Waals surface area (Å²) in [6.45, 7) is 7.48. The molecule has 1 N–H and O–H groups in total. The van der Waals surface area contributed by atoms with Crippen molar-refractivity contribution in [1.29, 1.82) is 0 Å². The van der Waals surface area contributed by atoms with Crippen molar-refractivity contribution in [3.8, 4) is 11.5 Å². The Balaban J connectivity index is 2.80.